The maximum atomic E-state index is 12.5. The number of Topliss-reactive ketones (excluding diaryl/α,β-unsaturated/α-hetero) is 1. The monoisotopic (exact) mass is 322 g/mol. The quantitative estimate of drug-likeness (QED) is 0.730. The molecule has 1 N–H and O–H groups in total. The molecule has 23 heavy (non-hydrogen) atoms. The molecule has 114 valence electrons. The maximum absolute atomic E-state index is 12.5. The van der Waals surface area contributed by atoms with Gasteiger partial charge < -0.3 is 5.32 Å². The number of carbonyl (C=O) groups excluding carboxylic acids is 2. The van der Waals surface area contributed by atoms with E-state index in [1.807, 2.05) is 30.3 Å². The molecule has 5 heteroatoms. The van der Waals surface area contributed by atoms with Gasteiger partial charge in [-0.15, -0.1) is 11.3 Å². The van der Waals surface area contributed by atoms with E-state index in [1.54, 1.807) is 29.8 Å². The molecule has 0 radical (unpaired) electrons. The molecular formula is C18H14N2O2S. The van der Waals surface area contributed by atoms with Gasteiger partial charge in [0.05, 0.1) is 11.2 Å². The zero-order valence-corrected chi connectivity index (χ0v) is 13.3. The van der Waals surface area contributed by atoms with E-state index in [0.717, 1.165) is 5.56 Å². The number of aromatic nitrogens is 1. The van der Waals surface area contributed by atoms with Crippen molar-refractivity contribution in [3.8, 4) is 11.3 Å². The van der Waals surface area contributed by atoms with Gasteiger partial charge in [-0.1, -0.05) is 30.3 Å². The highest BCUT2D eigenvalue weighted by Gasteiger charge is 2.16. The Morgan fingerprint density at radius 2 is 1.70 bits per heavy atom. The van der Waals surface area contributed by atoms with Gasteiger partial charge in [0.15, 0.2) is 5.78 Å². The van der Waals surface area contributed by atoms with Gasteiger partial charge in [-0.25, -0.2) is 4.98 Å². The average Bonchev–Trinajstić information content (AvgIpc) is 3.06. The molecule has 4 nitrogen and oxygen atoms in total. The molecule has 1 amide bonds. The fourth-order valence-corrected chi connectivity index (χ4v) is 2.89. The van der Waals surface area contributed by atoms with E-state index in [2.05, 4.69) is 10.3 Å². The van der Waals surface area contributed by atoms with Crippen LogP contribution in [0.4, 0.5) is 5.69 Å². The van der Waals surface area contributed by atoms with Crippen molar-refractivity contribution in [2.24, 2.45) is 0 Å². The molecule has 0 saturated carbocycles. The molecule has 0 fully saturated rings. The van der Waals surface area contributed by atoms with Crippen LogP contribution in [-0.4, -0.2) is 16.7 Å². The summed E-state index contributed by atoms with van der Waals surface area (Å²) < 4.78 is 0. The third-order valence-electron chi connectivity index (χ3n) is 3.37. The molecule has 0 spiro atoms. The second kappa shape index (κ2) is 6.54. The molecule has 0 saturated heterocycles. The van der Waals surface area contributed by atoms with Crippen LogP contribution in [0, 0.1) is 0 Å². The van der Waals surface area contributed by atoms with E-state index in [4.69, 9.17) is 0 Å². The van der Waals surface area contributed by atoms with E-state index in [1.165, 1.54) is 18.3 Å². The van der Waals surface area contributed by atoms with E-state index < -0.39 is 0 Å². The summed E-state index contributed by atoms with van der Waals surface area (Å²) in [4.78, 5) is 28.6. The highest BCUT2D eigenvalue weighted by Crippen LogP contribution is 2.26. The Balaban J connectivity index is 1.82. The number of anilines is 1. The summed E-state index contributed by atoms with van der Waals surface area (Å²) in [5.41, 5.74) is 4.51. The van der Waals surface area contributed by atoms with Gasteiger partial charge in [-0.2, -0.15) is 0 Å². The van der Waals surface area contributed by atoms with Crippen LogP contribution in [0.1, 0.15) is 27.0 Å². The van der Waals surface area contributed by atoms with Crippen molar-refractivity contribution in [3.63, 3.8) is 0 Å². The Morgan fingerprint density at radius 1 is 1.00 bits per heavy atom. The van der Waals surface area contributed by atoms with Crippen molar-refractivity contribution in [1.82, 2.24) is 4.98 Å². The molecule has 1 aromatic heterocycles. The van der Waals surface area contributed by atoms with Gasteiger partial charge in [0.25, 0.3) is 5.91 Å². The van der Waals surface area contributed by atoms with Crippen molar-refractivity contribution in [2.45, 2.75) is 6.92 Å². The van der Waals surface area contributed by atoms with Crippen LogP contribution in [0.25, 0.3) is 11.3 Å². The van der Waals surface area contributed by atoms with Crippen molar-refractivity contribution in [2.75, 3.05) is 5.32 Å². The molecule has 3 aromatic rings. The highest BCUT2D eigenvalue weighted by atomic mass is 32.1. The highest BCUT2D eigenvalue weighted by molar-refractivity contribution is 7.12. The predicted octanol–water partition coefficient (Wildman–Crippen LogP) is 4.27. The van der Waals surface area contributed by atoms with Gasteiger partial charge in [-0.3, -0.25) is 9.59 Å². The van der Waals surface area contributed by atoms with Gasteiger partial charge in [0.2, 0.25) is 0 Å². The van der Waals surface area contributed by atoms with Gasteiger partial charge >= 0.3 is 0 Å². The van der Waals surface area contributed by atoms with Crippen molar-refractivity contribution in [1.29, 1.82) is 0 Å². The summed E-state index contributed by atoms with van der Waals surface area (Å²) in [7, 11) is 0. The van der Waals surface area contributed by atoms with Crippen LogP contribution >= 0.6 is 11.3 Å². The lowest BCUT2D eigenvalue weighted by Crippen LogP contribution is -2.11. The summed E-state index contributed by atoms with van der Waals surface area (Å²) in [6.07, 6.45) is 0. The molecule has 0 unspecified atom stereocenters. The van der Waals surface area contributed by atoms with Gasteiger partial charge in [0.1, 0.15) is 4.88 Å². The van der Waals surface area contributed by atoms with E-state index in [9.17, 15) is 9.59 Å². The summed E-state index contributed by atoms with van der Waals surface area (Å²) in [6, 6.07) is 16.4. The Morgan fingerprint density at radius 3 is 2.35 bits per heavy atom. The number of nitrogens with zero attached hydrogens (tertiary/aromatic N) is 1. The minimum atomic E-state index is -0.207. The zero-order chi connectivity index (χ0) is 16.2. The number of thiazole rings is 1. The molecule has 2 aromatic carbocycles. The van der Waals surface area contributed by atoms with Gasteiger partial charge in [-0.05, 0) is 31.2 Å². The van der Waals surface area contributed by atoms with Crippen LogP contribution in [0.3, 0.4) is 0 Å². The Kier molecular flexibility index (Phi) is 4.30. The lowest BCUT2D eigenvalue weighted by Gasteiger charge is -2.06. The fraction of sp³-hybridized carbons (Fsp3) is 0.0556. The van der Waals surface area contributed by atoms with Crippen LogP contribution in [0.2, 0.25) is 0 Å². The predicted molar refractivity (Wildman–Crippen MR) is 91.9 cm³/mol. The first-order valence-corrected chi connectivity index (χ1v) is 7.94. The summed E-state index contributed by atoms with van der Waals surface area (Å²) in [5, 5.41) is 2.84. The Bertz CT molecular complexity index is 839. The fourth-order valence-electron chi connectivity index (χ4n) is 2.19. The number of hydrogen-bond acceptors (Lipinski definition) is 4. The molecule has 0 atom stereocenters. The first-order valence-electron chi connectivity index (χ1n) is 7.06. The number of amides is 1. The van der Waals surface area contributed by atoms with E-state index >= 15 is 0 Å². The summed E-state index contributed by atoms with van der Waals surface area (Å²) in [5.74, 6) is -0.210. The molecular weight excluding hydrogens is 308 g/mol. The number of benzene rings is 2. The molecule has 3 rings (SSSR count). The second-order valence-corrected chi connectivity index (χ2v) is 5.84. The van der Waals surface area contributed by atoms with Crippen molar-refractivity contribution in [3.05, 3.63) is 70.5 Å². The smallest absolute Gasteiger partial charge is 0.268 e. The molecule has 0 aliphatic carbocycles. The van der Waals surface area contributed by atoms with E-state index in [-0.39, 0.29) is 11.7 Å². The summed E-state index contributed by atoms with van der Waals surface area (Å²) >= 11 is 1.30. The lowest BCUT2D eigenvalue weighted by atomic mass is 10.1. The van der Waals surface area contributed by atoms with Crippen LogP contribution < -0.4 is 5.32 Å². The summed E-state index contributed by atoms with van der Waals surface area (Å²) in [6.45, 7) is 1.51. The third kappa shape index (κ3) is 3.35. The van der Waals surface area contributed by atoms with Gasteiger partial charge in [0, 0.05) is 16.8 Å². The number of ketones is 1. The number of nitrogens with one attached hydrogen (secondary N) is 1. The van der Waals surface area contributed by atoms with E-state index in [0.29, 0.717) is 21.8 Å². The van der Waals surface area contributed by atoms with Crippen LogP contribution in [0.15, 0.2) is 60.1 Å². The maximum Gasteiger partial charge on any atom is 0.268 e. The minimum Gasteiger partial charge on any atom is -0.321 e. The molecule has 0 aliphatic rings. The lowest BCUT2D eigenvalue weighted by molar-refractivity contribution is 0.101. The number of rotatable bonds is 4. The van der Waals surface area contributed by atoms with Crippen LogP contribution in [0.5, 0.6) is 0 Å². The normalized spacial score (nSPS) is 10.3. The zero-order valence-electron chi connectivity index (χ0n) is 12.4. The topological polar surface area (TPSA) is 59.1 Å². The van der Waals surface area contributed by atoms with Crippen molar-refractivity contribution < 1.29 is 9.59 Å². The third-order valence-corrected chi connectivity index (χ3v) is 4.20. The first-order chi connectivity index (χ1) is 11.1. The van der Waals surface area contributed by atoms with Crippen LogP contribution in [-0.2, 0) is 0 Å². The largest absolute Gasteiger partial charge is 0.321 e. The standard InChI is InChI=1S/C18H14N2O2S/c1-12(21)13-7-9-15(10-8-13)20-18(22)17-16(19-11-23-17)14-5-3-2-4-6-14/h2-11H,1H3,(H,20,22). The average molecular weight is 322 g/mol. The number of carbonyl (C=O) groups is 2. The minimum absolute atomic E-state index is 0.00306. The SMILES string of the molecule is CC(=O)c1ccc(NC(=O)c2scnc2-c2ccccc2)cc1. The van der Waals surface area contributed by atoms with Crippen molar-refractivity contribution >= 4 is 28.7 Å². The molecule has 0 bridgehead atoms. The molecule has 1 heterocycles. The Hall–Kier alpha value is -2.79. The molecule has 0 aliphatic heterocycles. The number of hydrogen-bond donors (Lipinski definition) is 1. The first kappa shape index (κ1) is 15.1. The second-order valence-electron chi connectivity index (χ2n) is 4.98. The Labute approximate surface area is 137 Å².